The third-order valence-electron chi connectivity index (χ3n) is 2.13. The van der Waals surface area contributed by atoms with Crippen LogP contribution in [0.5, 0.6) is 0 Å². The topological polar surface area (TPSA) is 82.3 Å². The molecule has 0 aromatic carbocycles. The monoisotopic (exact) mass is 236 g/mol. The van der Waals surface area contributed by atoms with E-state index in [1.807, 2.05) is 0 Å². The number of aryl methyl sites for hydroxylation is 1. The van der Waals surface area contributed by atoms with Gasteiger partial charge >= 0.3 is 5.97 Å². The Kier molecular flexibility index (Phi) is 4.33. The predicted molar refractivity (Wildman–Crippen MR) is 61.3 cm³/mol. The molecular formula is C11H12N2O4. The molecule has 0 N–H and O–H groups in total. The number of nitrogens with zero attached hydrogens (tertiary/aromatic N) is 2. The molecule has 0 aliphatic heterocycles. The summed E-state index contributed by atoms with van der Waals surface area (Å²) in [5, 5.41) is 10.6. The highest BCUT2D eigenvalue weighted by atomic mass is 16.6. The number of pyridine rings is 1. The van der Waals surface area contributed by atoms with Crippen LogP contribution in [0.4, 0.5) is 5.69 Å². The number of carbonyl (C=O) groups excluding carboxylic acids is 1. The minimum Gasteiger partial charge on any atom is -0.469 e. The number of esters is 1. The van der Waals surface area contributed by atoms with Crippen LogP contribution in [0.3, 0.4) is 0 Å². The van der Waals surface area contributed by atoms with Crippen molar-refractivity contribution in [2.75, 3.05) is 7.11 Å². The molecule has 0 bridgehead atoms. The van der Waals surface area contributed by atoms with Crippen LogP contribution in [-0.4, -0.2) is 23.0 Å². The first-order valence-corrected chi connectivity index (χ1v) is 4.89. The van der Waals surface area contributed by atoms with Gasteiger partial charge < -0.3 is 4.74 Å². The molecule has 0 saturated carbocycles. The number of carbonyl (C=O) groups is 1. The molecule has 0 fully saturated rings. The van der Waals surface area contributed by atoms with E-state index in [1.54, 1.807) is 19.1 Å². The average molecular weight is 236 g/mol. The van der Waals surface area contributed by atoms with Crippen LogP contribution in [-0.2, 0) is 9.53 Å². The van der Waals surface area contributed by atoms with Crippen LogP contribution in [0.1, 0.15) is 17.7 Å². The van der Waals surface area contributed by atoms with E-state index in [1.165, 1.54) is 19.4 Å². The first kappa shape index (κ1) is 12.8. The fourth-order valence-electron chi connectivity index (χ4n) is 1.17. The molecule has 0 aliphatic rings. The smallest absolute Gasteiger partial charge is 0.309 e. The van der Waals surface area contributed by atoms with Gasteiger partial charge in [0, 0.05) is 17.3 Å². The summed E-state index contributed by atoms with van der Waals surface area (Å²) in [5.41, 5.74) is 1.20. The third kappa shape index (κ3) is 3.67. The maximum atomic E-state index is 10.9. The Hall–Kier alpha value is -2.24. The molecule has 6 heteroatoms. The molecule has 90 valence electrons. The Morgan fingerprint density at radius 2 is 2.35 bits per heavy atom. The van der Waals surface area contributed by atoms with E-state index in [4.69, 9.17) is 0 Å². The van der Waals surface area contributed by atoms with Gasteiger partial charge in [0.1, 0.15) is 6.20 Å². The zero-order valence-electron chi connectivity index (χ0n) is 9.54. The van der Waals surface area contributed by atoms with Gasteiger partial charge in [-0.15, -0.1) is 0 Å². The molecule has 1 aromatic heterocycles. The summed E-state index contributed by atoms with van der Waals surface area (Å²) in [6, 6.07) is 1.41. The van der Waals surface area contributed by atoms with Crippen LogP contribution in [0.2, 0.25) is 0 Å². The largest absolute Gasteiger partial charge is 0.469 e. The molecule has 0 amide bonds. The Morgan fingerprint density at radius 1 is 1.65 bits per heavy atom. The molecule has 6 nitrogen and oxygen atoms in total. The summed E-state index contributed by atoms with van der Waals surface area (Å²) in [6.45, 7) is 1.74. The molecule has 0 aliphatic carbocycles. The van der Waals surface area contributed by atoms with Gasteiger partial charge in [-0.2, -0.15) is 0 Å². The summed E-state index contributed by atoms with van der Waals surface area (Å²) in [5.74, 6) is -0.364. The second-order valence-corrected chi connectivity index (χ2v) is 3.31. The summed E-state index contributed by atoms with van der Waals surface area (Å²) >= 11 is 0. The minimum atomic E-state index is -0.510. The van der Waals surface area contributed by atoms with Crippen molar-refractivity contribution in [3.8, 4) is 0 Å². The molecule has 0 unspecified atom stereocenters. The van der Waals surface area contributed by atoms with E-state index in [0.717, 1.165) is 0 Å². The quantitative estimate of drug-likeness (QED) is 0.452. The van der Waals surface area contributed by atoms with Crippen LogP contribution in [0, 0.1) is 17.0 Å². The van der Waals surface area contributed by atoms with Crippen molar-refractivity contribution in [1.29, 1.82) is 0 Å². The van der Waals surface area contributed by atoms with Crippen LogP contribution < -0.4 is 0 Å². The van der Waals surface area contributed by atoms with Crippen molar-refractivity contribution >= 4 is 17.7 Å². The lowest BCUT2D eigenvalue weighted by Crippen LogP contribution is -1.97. The number of rotatable bonds is 4. The number of aromatic nitrogens is 1. The second-order valence-electron chi connectivity index (χ2n) is 3.31. The number of nitro groups is 1. The fourth-order valence-corrected chi connectivity index (χ4v) is 1.17. The molecule has 0 saturated heterocycles. The average Bonchev–Trinajstić information content (AvgIpc) is 2.30. The number of hydrogen-bond donors (Lipinski definition) is 0. The van der Waals surface area contributed by atoms with Gasteiger partial charge in [0.25, 0.3) is 5.69 Å². The van der Waals surface area contributed by atoms with E-state index >= 15 is 0 Å². The van der Waals surface area contributed by atoms with Gasteiger partial charge in [0.2, 0.25) is 0 Å². The maximum Gasteiger partial charge on any atom is 0.309 e. The first-order valence-electron chi connectivity index (χ1n) is 4.89. The van der Waals surface area contributed by atoms with Crippen molar-refractivity contribution < 1.29 is 14.5 Å². The molecule has 17 heavy (non-hydrogen) atoms. The van der Waals surface area contributed by atoms with E-state index in [9.17, 15) is 14.9 Å². The Balaban J connectivity index is 2.86. The van der Waals surface area contributed by atoms with Gasteiger partial charge in [0.05, 0.1) is 18.5 Å². The molecular weight excluding hydrogens is 224 g/mol. The van der Waals surface area contributed by atoms with Gasteiger partial charge in [0.15, 0.2) is 0 Å². The molecule has 0 spiro atoms. The highest BCUT2D eigenvalue weighted by Gasteiger charge is 2.07. The normalized spacial score (nSPS) is 10.5. The number of hydrogen-bond acceptors (Lipinski definition) is 5. The molecule has 0 atom stereocenters. The molecule has 1 aromatic rings. The van der Waals surface area contributed by atoms with Gasteiger partial charge in [-0.3, -0.25) is 19.9 Å². The van der Waals surface area contributed by atoms with Gasteiger partial charge in [-0.1, -0.05) is 12.2 Å². The van der Waals surface area contributed by atoms with E-state index in [2.05, 4.69) is 9.72 Å². The summed E-state index contributed by atoms with van der Waals surface area (Å²) in [4.78, 5) is 24.8. The minimum absolute atomic E-state index is 0.0756. The fraction of sp³-hybridized carbons (Fsp3) is 0.273. The van der Waals surface area contributed by atoms with E-state index < -0.39 is 4.92 Å². The van der Waals surface area contributed by atoms with Crippen molar-refractivity contribution in [1.82, 2.24) is 4.98 Å². The summed E-state index contributed by atoms with van der Waals surface area (Å²) in [6.07, 6.45) is 4.53. The zero-order chi connectivity index (χ0) is 12.8. The second kappa shape index (κ2) is 5.74. The summed E-state index contributed by atoms with van der Waals surface area (Å²) < 4.78 is 4.47. The Labute approximate surface area is 98.1 Å². The zero-order valence-corrected chi connectivity index (χ0v) is 9.54. The van der Waals surface area contributed by atoms with Gasteiger partial charge in [-0.25, -0.2) is 0 Å². The van der Waals surface area contributed by atoms with Crippen molar-refractivity contribution in [2.24, 2.45) is 0 Å². The van der Waals surface area contributed by atoms with Crippen LogP contribution in [0.15, 0.2) is 18.3 Å². The van der Waals surface area contributed by atoms with Crippen molar-refractivity contribution in [3.63, 3.8) is 0 Å². The van der Waals surface area contributed by atoms with E-state index in [0.29, 0.717) is 11.3 Å². The number of methoxy groups -OCH3 is 1. The highest BCUT2D eigenvalue weighted by molar-refractivity contribution is 5.72. The standard InChI is InChI=1S/C11H12N2O4/c1-8-9(4-3-5-11(14)17-2)6-10(7-12-8)13(15)16/h3-4,6-7H,5H2,1-2H3. The van der Waals surface area contributed by atoms with Crippen molar-refractivity contribution in [3.05, 3.63) is 39.7 Å². The Morgan fingerprint density at radius 3 is 2.94 bits per heavy atom. The third-order valence-corrected chi connectivity index (χ3v) is 2.13. The van der Waals surface area contributed by atoms with Gasteiger partial charge in [-0.05, 0) is 6.92 Å². The van der Waals surface area contributed by atoms with Crippen LogP contribution >= 0.6 is 0 Å². The lowest BCUT2D eigenvalue weighted by molar-refractivity contribution is -0.385. The lowest BCUT2D eigenvalue weighted by atomic mass is 10.1. The predicted octanol–water partition coefficient (Wildman–Crippen LogP) is 1.87. The maximum absolute atomic E-state index is 10.9. The lowest BCUT2D eigenvalue weighted by Gasteiger charge is -1.99. The van der Waals surface area contributed by atoms with Crippen molar-refractivity contribution in [2.45, 2.75) is 13.3 Å². The molecule has 1 heterocycles. The Bertz CT molecular complexity index is 469. The van der Waals surface area contributed by atoms with E-state index in [-0.39, 0.29) is 18.1 Å². The number of ether oxygens (including phenoxy) is 1. The summed E-state index contributed by atoms with van der Waals surface area (Å²) in [7, 11) is 1.30. The van der Waals surface area contributed by atoms with Crippen LogP contribution in [0.25, 0.3) is 6.08 Å². The first-order chi connectivity index (χ1) is 8.04. The molecule has 1 rings (SSSR count). The SMILES string of the molecule is COC(=O)CC=Cc1cc([N+](=O)[O-])cnc1C. The highest BCUT2D eigenvalue weighted by Crippen LogP contribution is 2.16. The molecule has 0 radical (unpaired) electrons.